The van der Waals surface area contributed by atoms with Crippen molar-refractivity contribution in [2.24, 2.45) is 0 Å². The van der Waals surface area contributed by atoms with Gasteiger partial charge < -0.3 is 15.1 Å². The van der Waals surface area contributed by atoms with E-state index in [1.165, 1.54) is 18.2 Å². The Morgan fingerprint density at radius 2 is 1.65 bits per heavy atom. The predicted octanol–water partition coefficient (Wildman–Crippen LogP) is 2.45. The largest absolute Gasteiger partial charge is 0.379 e. The van der Waals surface area contributed by atoms with Gasteiger partial charge in [-0.05, 0) is 24.6 Å². The first-order valence-electron chi connectivity index (χ1n) is 10.6. The zero-order chi connectivity index (χ0) is 24.9. The van der Waals surface area contributed by atoms with E-state index in [-0.39, 0.29) is 28.6 Å². The highest BCUT2D eigenvalue weighted by Crippen LogP contribution is 2.31. The van der Waals surface area contributed by atoms with Crippen LogP contribution in [0, 0.1) is 20.2 Å². The minimum absolute atomic E-state index is 0.0244. The summed E-state index contributed by atoms with van der Waals surface area (Å²) in [5, 5.41) is 25.5. The van der Waals surface area contributed by atoms with Gasteiger partial charge in [0.25, 0.3) is 11.4 Å². The fourth-order valence-electron chi connectivity index (χ4n) is 3.75. The van der Waals surface area contributed by atoms with Crippen LogP contribution in [0.3, 0.4) is 0 Å². The van der Waals surface area contributed by atoms with E-state index < -0.39 is 19.7 Å². The van der Waals surface area contributed by atoms with E-state index in [1.54, 1.807) is 28.0 Å². The van der Waals surface area contributed by atoms with Crippen molar-refractivity contribution in [3.05, 3.63) is 62.7 Å². The molecule has 0 radical (unpaired) electrons. The molecule has 34 heavy (non-hydrogen) atoms. The maximum absolute atomic E-state index is 12.6. The molecule has 0 aliphatic carbocycles. The number of nitrogens with one attached hydrogen (secondary N) is 1. The molecule has 2 aromatic rings. The van der Waals surface area contributed by atoms with Gasteiger partial charge >= 0.3 is 0 Å². The number of piperazine rings is 1. The summed E-state index contributed by atoms with van der Waals surface area (Å²) in [6.07, 6.45) is 1.74. The lowest BCUT2D eigenvalue weighted by Crippen LogP contribution is -2.49. The number of carbonyl (C=O) groups excluding carboxylic acids is 1. The Hall–Kier alpha value is -3.74. The summed E-state index contributed by atoms with van der Waals surface area (Å²) in [5.41, 5.74) is 0.405. The first-order chi connectivity index (χ1) is 16.1. The normalized spacial score (nSPS) is 14.0. The molecular formula is C21H25N5O7S. The summed E-state index contributed by atoms with van der Waals surface area (Å²) >= 11 is 0. The Labute approximate surface area is 196 Å². The molecule has 0 bridgehead atoms. The lowest BCUT2D eigenvalue weighted by Gasteiger charge is -2.36. The number of rotatable bonds is 9. The molecule has 1 fully saturated rings. The van der Waals surface area contributed by atoms with E-state index in [0.29, 0.717) is 50.5 Å². The van der Waals surface area contributed by atoms with Gasteiger partial charge in [0, 0.05) is 57.5 Å². The molecule has 12 nitrogen and oxygen atoms in total. The van der Waals surface area contributed by atoms with Crippen LogP contribution in [-0.2, 0) is 14.6 Å². The third-order valence-electron chi connectivity index (χ3n) is 5.53. The SMILES string of the molecule is CS(=O)(=O)c1ccc(N2CCN(C(=O)CCCNc3ccccc3[N+](=O)[O-])CC2)c([N+](=O)[O-])c1. The van der Waals surface area contributed by atoms with Crippen LogP contribution in [0.2, 0.25) is 0 Å². The summed E-state index contributed by atoms with van der Waals surface area (Å²) in [6.45, 7) is 1.90. The van der Waals surface area contributed by atoms with Crippen molar-refractivity contribution in [3.8, 4) is 0 Å². The second-order valence-corrected chi connectivity index (χ2v) is 9.87. The number of anilines is 2. The predicted molar refractivity (Wildman–Crippen MR) is 126 cm³/mol. The third-order valence-corrected chi connectivity index (χ3v) is 6.64. The highest BCUT2D eigenvalue weighted by atomic mass is 32.2. The average molecular weight is 492 g/mol. The van der Waals surface area contributed by atoms with E-state index >= 15 is 0 Å². The van der Waals surface area contributed by atoms with Gasteiger partial charge in [0.2, 0.25) is 5.91 Å². The number of hydrogen-bond donors (Lipinski definition) is 1. The maximum atomic E-state index is 12.6. The summed E-state index contributed by atoms with van der Waals surface area (Å²) in [4.78, 5) is 37.4. The zero-order valence-electron chi connectivity index (χ0n) is 18.5. The zero-order valence-corrected chi connectivity index (χ0v) is 19.4. The molecule has 1 aliphatic heterocycles. The fourth-order valence-corrected chi connectivity index (χ4v) is 4.39. The molecule has 182 valence electrons. The standard InChI is InChI=1S/C21H25N5O7S/c1-34(32,33)16-8-9-19(20(15-16)26(30)31)23-11-13-24(14-12-23)21(27)7-4-10-22-17-5-2-3-6-18(17)25(28)29/h2-3,5-6,8-9,15,22H,4,7,10-14H2,1H3. The molecule has 1 N–H and O–H groups in total. The van der Waals surface area contributed by atoms with Crippen LogP contribution in [-0.4, -0.2) is 68.1 Å². The molecule has 1 amide bonds. The number of carbonyl (C=O) groups is 1. The Bertz CT molecular complexity index is 1190. The van der Waals surface area contributed by atoms with Crippen molar-refractivity contribution in [1.82, 2.24) is 4.90 Å². The molecule has 3 rings (SSSR count). The molecule has 0 unspecified atom stereocenters. The number of hydrogen-bond acceptors (Lipinski definition) is 9. The number of amides is 1. The van der Waals surface area contributed by atoms with Crippen LogP contribution in [0.4, 0.5) is 22.7 Å². The smallest absolute Gasteiger partial charge is 0.293 e. The van der Waals surface area contributed by atoms with Crippen molar-refractivity contribution < 1.29 is 23.1 Å². The molecule has 2 aromatic carbocycles. The fraction of sp³-hybridized carbons (Fsp3) is 0.381. The quantitative estimate of drug-likeness (QED) is 0.316. The van der Waals surface area contributed by atoms with Crippen LogP contribution in [0.5, 0.6) is 0 Å². The Morgan fingerprint density at radius 3 is 2.26 bits per heavy atom. The van der Waals surface area contributed by atoms with Gasteiger partial charge in [0.1, 0.15) is 11.4 Å². The van der Waals surface area contributed by atoms with E-state index in [0.717, 1.165) is 12.3 Å². The van der Waals surface area contributed by atoms with E-state index in [4.69, 9.17) is 0 Å². The van der Waals surface area contributed by atoms with Gasteiger partial charge in [0.05, 0.1) is 14.7 Å². The van der Waals surface area contributed by atoms with Gasteiger partial charge in [-0.25, -0.2) is 8.42 Å². The van der Waals surface area contributed by atoms with Crippen LogP contribution in [0.15, 0.2) is 47.4 Å². The minimum Gasteiger partial charge on any atom is -0.379 e. The molecule has 13 heteroatoms. The van der Waals surface area contributed by atoms with Crippen LogP contribution in [0.25, 0.3) is 0 Å². The molecule has 1 saturated heterocycles. The van der Waals surface area contributed by atoms with Crippen molar-refractivity contribution in [2.75, 3.05) is 49.2 Å². The van der Waals surface area contributed by atoms with Crippen molar-refractivity contribution in [2.45, 2.75) is 17.7 Å². The first kappa shape index (κ1) is 24.9. The second kappa shape index (κ2) is 10.5. The van der Waals surface area contributed by atoms with E-state index in [1.807, 2.05) is 0 Å². The Kier molecular flexibility index (Phi) is 7.66. The number of para-hydroxylation sites is 2. The molecule has 0 saturated carbocycles. The number of benzene rings is 2. The summed E-state index contributed by atoms with van der Waals surface area (Å²) in [6, 6.07) is 10.1. The molecule has 0 spiro atoms. The molecule has 1 heterocycles. The Morgan fingerprint density at radius 1 is 1.00 bits per heavy atom. The van der Waals surface area contributed by atoms with Crippen LogP contribution in [0.1, 0.15) is 12.8 Å². The van der Waals surface area contributed by atoms with E-state index in [2.05, 4.69) is 5.32 Å². The average Bonchev–Trinajstić information content (AvgIpc) is 2.81. The lowest BCUT2D eigenvalue weighted by atomic mass is 10.2. The third kappa shape index (κ3) is 5.98. The van der Waals surface area contributed by atoms with Gasteiger partial charge in [-0.15, -0.1) is 0 Å². The van der Waals surface area contributed by atoms with Gasteiger partial charge in [-0.1, -0.05) is 12.1 Å². The minimum atomic E-state index is -3.58. The van der Waals surface area contributed by atoms with Gasteiger partial charge in [-0.2, -0.15) is 0 Å². The maximum Gasteiger partial charge on any atom is 0.293 e. The first-order valence-corrected chi connectivity index (χ1v) is 12.5. The number of sulfone groups is 1. The van der Waals surface area contributed by atoms with Crippen molar-refractivity contribution in [1.29, 1.82) is 0 Å². The number of nitrogens with zero attached hydrogens (tertiary/aromatic N) is 4. The summed E-state index contributed by atoms with van der Waals surface area (Å²) in [5.74, 6) is -0.0639. The van der Waals surface area contributed by atoms with Crippen LogP contribution < -0.4 is 10.2 Å². The number of nitro groups is 2. The molecular weight excluding hydrogens is 466 g/mol. The van der Waals surface area contributed by atoms with Crippen LogP contribution >= 0.6 is 0 Å². The van der Waals surface area contributed by atoms with Crippen molar-refractivity contribution >= 4 is 38.5 Å². The highest BCUT2D eigenvalue weighted by Gasteiger charge is 2.27. The van der Waals surface area contributed by atoms with Crippen molar-refractivity contribution in [3.63, 3.8) is 0 Å². The lowest BCUT2D eigenvalue weighted by molar-refractivity contribution is -0.384. The number of nitro benzene ring substituents is 2. The molecule has 1 aliphatic rings. The highest BCUT2D eigenvalue weighted by molar-refractivity contribution is 7.90. The monoisotopic (exact) mass is 491 g/mol. The molecule has 0 atom stereocenters. The van der Waals surface area contributed by atoms with Gasteiger partial charge in [-0.3, -0.25) is 25.0 Å². The molecule has 0 aromatic heterocycles. The van der Waals surface area contributed by atoms with Gasteiger partial charge in [0.15, 0.2) is 9.84 Å². The second-order valence-electron chi connectivity index (χ2n) is 7.85. The van der Waals surface area contributed by atoms with E-state index in [9.17, 15) is 33.4 Å². The Balaban J connectivity index is 1.53. The summed E-state index contributed by atoms with van der Waals surface area (Å²) < 4.78 is 23.5. The summed E-state index contributed by atoms with van der Waals surface area (Å²) in [7, 11) is -3.58. The topological polar surface area (TPSA) is 156 Å².